The highest BCUT2D eigenvalue weighted by Crippen LogP contribution is 2.41. The summed E-state index contributed by atoms with van der Waals surface area (Å²) < 4.78 is 31.2. The molecule has 39 heavy (non-hydrogen) atoms. The molecule has 0 bridgehead atoms. The fraction of sp³-hybridized carbons (Fsp3) is 0.962. The molecule has 0 aromatic heterocycles. The zero-order valence-corrected chi connectivity index (χ0v) is 24.2. The number of azide groups is 2. The maximum Gasteiger partial charge on any atom is 0.167 e. The SMILES string of the molecule is CC[C@@H]1O[C@H](O[C@H]2[C@H](C)C(C)[C@H](O[C@@H]3[C@H](CC)O[C@@H](O)C(N=[N+]=[N-])[C@H]3C)O[C@H]2C(C)=O)C(N=[N+]=[N-])[C@@H](C)[C@@H]1C. The van der Waals surface area contributed by atoms with Crippen molar-refractivity contribution in [2.24, 2.45) is 39.8 Å². The van der Waals surface area contributed by atoms with E-state index in [1.165, 1.54) is 6.92 Å². The smallest absolute Gasteiger partial charge is 0.167 e. The van der Waals surface area contributed by atoms with Gasteiger partial charge in [0.25, 0.3) is 0 Å². The first-order chi connectivity index (χ1) is 18.5. The Balaban J connectivity index is 1.84. The normalized spacial score (nSPS) is 46.5. The average Bonchev–Trinajstić information content (AvgIpc) is 2.90. The molecule has 1 N–H and O–H groups in total. The molecule has 0 amide bonds. The fourth-order valence-corrected chi connectivity index (χ4v) is 6.12. The number of Topliss-reactive ketones (excluding diaryl/α,β-unsaturated/α-hetero) is 1. The zero-order valence-electron chi connectivity index (χ0n) is 24.2. The van der Waals surface area contributed by atoms with Crippen molar-refractivity contribution in [2.75, 3.05) is 0 Å². The van der Waals surface area contributed by atoms with Gasteiger partial charge in [-0.15, -0.1) is 0 Å². The van der Waals surface area contributed by atoms with Crippen molar-refractivity contribution in [3.05, 3.63) is 20.9 Å². The van der Waals surface area contributed by atoms with Gasteiger partial charge in [0.15, 0.2) is 24.7 Å². The Hall–Kier alpha value is -1.95. The standard InChI is InChI=1S/C26H44N6O7/c1-9-17-11(3)12(4)20(30-32-28)26(36-17)38-22-13(5)14(6)25(39-23(22)16(8)33)37-21-15(7)19(29-31-27)24(34)35-18(21)10-2/h11-15,17-26,34H,9-10H2,1-8H3/t11-,12-,13+,14?,15+,17-,18-,19?,20?,21-,22-,23-,24+,25+,26+/m0/s1. The van der Waals surface area contributed by atoms with E-state index in [1.54, 1.807) is 0 Å². The number of hydrogen-bond donors (Lipinski definition) is 1. The van der Waals surface area contributed by atoms with Crippen molar-refractivity contribution in [2.45, 2.75) is 130 Å². The first kappa shape index (κ1) is 31.6. The van der Waals surface area contributed by atoms with E-state index in [0.717, 1.165) is 6.42 Å². The molecule has 220 valence electrons. The Morgan fingerprint density at radius 2 is 1.36 bits per heavy atom. The molecule has 15 atom stereocenters. The van der Waals surface area contributed by atoms with Gasteiger partial charge < -0.3 is 28.8 Å². The predicted molar refractivity (Wildman–Crippen MR) is 141 cm³/mol. The molecule has 0 aromatic carbocycles. The summed E-state index contributed by atoms with van der Waals surface area (Å²) in [5.41, 5.74) is 18.2. The van der Waals surface area contributed by atoms with Gasteiger partial charge in [-0.3, -0.25) is 4.79 Å². The van der Waals surface area contributed by atoms with E-state index in [2.05, 4.69) is 27.0 Å². The average molecular weight is 553 g/mol. The fourth-order valence-electron chi connectivity index (χ4n) is 6.12. The van der Waals surface area contributed by atoms with E-state index in [9.17, 15) is 15.4 Å². The van der Waals surface area contributed by atoms with E-state index >= 15 is 0 Å². The minimum absolute atomic E-state index is 0.0202. The van der Waals surface area contributed by atoms with Crippen molar-refractivity contribution >= 4 is 5.78 Å². The monoisotopic (exact) mass is 552 g/mol. The molecule has 0 aromatic rings. The second-order valence-corrected chi connectivity index (χ2v) is 11.3. The van der Waals surface area contributed by atoms with Crippen LogP contribution < -0.4 is 0 Å². The number of hydrogen-bond acceptors (Lipinski definition) is 9. The second-order valence-electron chi connectivity index (χ2n) is 11.3. The van der Waals surface area contributed by atoms with Crippen LogP contribution in [0, 0.1) is 29.6 Å². The molecule has 3 saturated heterocycles. The summed E-state index contributed by atoms with van der Waals surface area (Å²) in [7, 11) is 0. The zero-order chi connectivity index (χ0) is 29.0. The quantitative estimate of drug-likeness (QED) is 0.240. The Bertz CT molecular complexity index is 944. The number of ether oxygens (including phenoxy) is 5. The first-order valence-corrected chi connectivity index (χ1v) is 14.0. The van der Waals surface area contributed by atoms with Crippen molar-refractivity contribution < 1.29 is 33.6 Å². The molecule has 3 unspecified atom stereocenters. The molecule has 3 heterocycles. The van der Waals surface area contributed by atoms with Gasteiger partial charge >= 0.3 is 0 Å². The van der Waals surface area contributed by atoms with Crippen molar-refractivity contribution in [1.82, 2.24) is 0 Å². The van der Waals surface area contributed by atoms with Crippen LogP contribution in [-0.4, -0.2) is 72.4 Å². The van der Waals surface area contributed by atoms with Gasteiger partial charge in [-0.1, -0.05) is 58.7 Å². The summed E-state index contributed by atoms with van der Waals surface area (Å²) in [4.78, 5) is 18.7. The number of aliphatic hydroxyl groups excluding tert-OH is 1. The molecule has 0 radical (unpaired) electrons. The molecule has 3 aliphatic heterocycles. The highest BCUT2D eigenvalue weighted by molar-refractivity contribution is 5.81. The summed E-state index contributed by atoms with van der Waals surface area (Å²) in [6.07, 6.45) is -4.15. The largest absolute Gasteiger partial charge is 0.368 e. The highest BCUT2D eigenvalue weighted by Gasteiger charge is 2.51. The highest BCUT2D eigenvalue weighted by atomic mass is 16.7. The Morgan fingerprint density at radius 3 is 1.92 bits per heavy atom. The van der Waals surface area contributed by atoms with Crippen molar-refractivity contribution in [1.29, 1.82) is 0 Å². The van der Waals surface area contributed by atoms with E-state index in [1.807, 2.05) is 41.5 Å². The lowest BCUT2D eigenvalue weighted by molar-refractivity contribution is -0.333. The number of nitrogens with zero attached hydrogens (tertiary/aromatic N) is 6. The lowest BCUT2D eigenvalue weighted by atomic mass is 9.80. The number of ketones is 1. The van der Waals surface area contributed by atoms with Crippen LogP contribution in [0.1, 0.15) is 68.2 Å². The minimum Gasteiger partial charge on any atom is -0.368 e. The molecular weight excluding hydrogens is 508 g/mol. The van der Waals surface area contributed by atoms with Gasteiger partial charge in [0, 0.05) is 15.7 Å². The van der Waals surface area contributed by atoms with Crippen LogP contribution in [0.25, 0.3) is 20.9 Å². The summed E-state index contributed by atoms with van der Waals surface area (Å²) in [6, 6.07) is -1.37. The Kier molecular flexibility index (Phi) is 11.0. The van der Waals surface area contributed by atoms with Gasteiger partial charge in [0.05, 0.1) is 36.5 Å². The van der Waals surface area contributed by atoms with Crippen LogP contribution >= 0.6 is 0 Å². The number of carbonyl (C=O) groups excluding carboxylic acids is 1. The summed E-state index contributed by atoms with van der Waals surface area (Å²) in [5, 5.41) is 18.1. The Morgan fingerprint density at radius 1 is 0.769 bits per heavy atom. The molecule has 13 nitrogen and oxygen atoms in total. The molecule has 3 fully saturated rings. The van der Waals surface area contributed by atoms with E-state index in [4.69, 9.17) is 29.2 Å². The van der Waals surface area contributed by atoms with Gasteiger partial charge in [-0.05, 0) is 54.5 Å². The van der Waals surface area contributed by atoms with Crippen molar-refractivity contribution in [3.8, 4) is 0 Å². The number of rotatable bonds is 9. The molecule has 0 aliphatic carbocycles. The first-order valence-electron chi connectivity index (χ1n) is 14.0. The van der Waals surface area contributed by atoms with Gasteiger partial charge in [-0.2, -0.15) is 0 Å². The maximum atomic E-state index is 12.9. The van der Waals surface area contributed by atoms with Crippen LogP contribution in [0.4, 0.5) is 0 Å². The van der Waals surface area contributed by atoms with Gasteiger partial charge in [-0.25, -0.2) is 0 Å². The third-order valence-electron chi connectivity index (χ3n) is 9.09. The number of aliphatic hydroxyl groups is 1. The number of carbonyl (C=O) groups is 1. The second kappa shape index (κ2) is 13.6. The van der Waals surface area contributed by atoms with Gasteiger partial charge in [0.1, 0.15) is 6.10 Å². The van der Waals surface area contributed by atoms with E-state index < -0.39 is 55.4 Å². The van der Waals surface area contributed by atoms with Crippen LogP contribution in [-0.2, 0) is 28.5 Å². The lowest BCUT2D eigenvalue weighted by Gasteiger charge is -2.50. The molecule has 3 rings (SSSR count). The molecule has 13 heteroatoms. The van der Waals surface area contributed by atoms with Crippen LogP contribution in [0.15, 0.2) is 10.2 Å². The lowest BCUT2D eigenvalue weighted by Crippen LogP contribution is -2.60. The van der Waals surface area contributed by atoms with Gasteiger partial charge in [0.2, 0.25) is 0 Å². The third-order valence-corrected chi connectivity index (χ3v) is 9.09. The summed E-state index contributed by atoms with van der Waals surface area (Å²) in [5.74, 6) is -0.795. The van der Waals surface area contributed by atoms with E-state index in [-0.39, 0.29) is 41.5 Å². The van der Waals surface area contributed by atoms with Crippen molar-refractivity contribution in [3.63, 3.8) is 0 Å². The Labute approximate surface area is 230 Å². The minimum atomic E-state index is -1.23. The third kappa shape index (κ3) is 6.52. The van der Waals surface area contributed by atoms with Crippen LogP contribution in [0.5, 0.6) is 0 Å². The summed E-state index contributed by atoms with van der Waals surface area (Å²) >= 11 is 0. The van der Waals surface area contributed by atoms with Crippen LogP contribution in [0.3, 0.4) is 0 Å². The molecule has 3 aliphatic rings. The maximum absolute atomic E-state index is 12.9. The van der Waals surface area contributed by atoms with E-state index in [0.29, 0.717) is 6.42 Å². The molecule has 0 saturated carbocycles. The summed E-state index contributed by atoms with van der Waals surface area (Å²) in [6.45, 7) is 15.3. The predicted octanol–water partition coefficient (Wildman–Crippen LogP) is 4.87. The topological polar surface area (TPSA) is 181 Å². The molecule has 0 spiro atoms. The molecular formula is C26H44N6O7. The van der Waals surface area contributed by atoms with Crippen LogP contribution in [0.2, 0.25) is 0 Å².